The molecule has 4 heterocycles. The van der Waals surface area contributed by atoms with Gasteiger partial charge in [-0.3, -0.25) is 0 Å². The highest BCUT2D eigenvalue weighted by Gasteiger charge is 2.26. The summed E-state index contributed by atoms with van der Waals surface area (Å²) >= 11 is 8.04. The van der Waals surface area contributed by atoms with Crippen LogP contribution in [0.4, 0.5) is 17.6 Å². The van der Waals surface area contributed by atoms with Crippen LogP contribution in [0.25, 0.3) is 10.2 Å². The SMILES string of the molecule is CCOC(=O)c1cnc(N(C)Cc2cc3nc(N4CCOC(c5ccc(N)cc5Cl)C4)ncc3s2)nc1. The van der Waals surface area contributed by atoms with Crippen LogP contribution in [-0.4, -0.2) is 59.3 Å². The van der Waals surface area contributed by atoms with Gasteiger partial charge in [0.15, 0.2) is 0 Å². The Balaban J connectivity index is 1.28. The van der Waals surface area contributed by atoms with Gasteiger partial charge >= 0.3 is 5.97 Å². The highest BCUT2D eigenvalue weighted by atomic mass is 35.5. The number of esters is 1. The van der Waals surface area contributed by atoms with E-state index in [0.717, 1.165) is 20.7 Å². The fourth-order valence-corrected chi connectivity index (χ4v) is 5.41. The number of thiophene rings is 1. The standard InChI is InChI=1S/C25H26ClN7O3S/c1-3-35-23(34)15-10-28-24(29-11-15)32(2)13-17-9-20-22(37-17)12-30-25(31-20)33-6-7-36-21(14-33)18-5-4-16(27)8-19(18)26/h4-5,8-12,21H,3,6-7,13-14,27H2,1-2H3. The molecule has 0 amide bonds. The summed E-state index contributed by atoms with van der Waals surface area (Å²) in [6, 6.07) is 7.54. The monoisotopic (exact) mass is 539 g/mol. The molecule has 3 aromatic heterocycles. The first-order chi connectivity index (χ1) is 17.9. The zero-order valence-electron chi connectivity index (χ0n) is 20.4. The molecule has 192 valence electrons. The molecule has 1 aliphatic rings. The number of fused-ring (bicyclic) bond motifs is 1. The van der Waals surface area contributed by atoms with Gasteiger partial charge in [0, 0.05) is 47.1 Å². The number of nitrogen functional groups attached to an aromatic ring is 1. The topological polar surface area (TPSA) is 120 Å². The number of hydrogen-bond acceptors (Lipinski definition) is 11. The zero-order valence-corrected chi connectivity index (χ0v) is 22.0. The van der Waals surface area contributed by atoms with E-state index in [2.05, 4.69) is 25.9 Å². The molecule has 1 unspecified atom stereocenters. The fourth-order valence-electron chi connectivity index (χ4n) is 4.08. The number of carbonyl (C=O) groups excluding carboxylic acids is 1. The van der Waals surface area contributed by atoms with E-state index in [1.54, 1.807) is 24.3 Å². The number of halogens is 1. The maximum absolute atomic E-state index is 11.8. The van der Waals surface area contributed by atoms with Crippen LogP contribution in [0.3, 0.4) is 0 Å². The van der Waals surface area contributed by atoms with Gasteiger partial charge in [0.2, 0.25) is 11.9 Å². The number of ether oxygens (including phenoxy) is 2. The molecule has 37 heavy (non-hydrogen) atoms. The molecule has 1 fully saturated rings. The predicted octanol–water partition coefficient (Wildman–Crippen LogP) is 4.11. The number of morpholine rings is 1. The average Bonchev–Trinajstić information content (AvgIpc) is 3.30. The Morgan fingerprint density at radius 1 is 1.27 bits per heavy atom. The molecule has 12 heteroatoms. The Morgan fingerprint density at radius 3 is 2.84 bits per heavy atom. The Morgan fingerprint density at radius 2 is 2.08 bits per heavy atom. The Bertz CT molecular complexity index is 1420. The minimum absolute atomic E-state index is 0.192. The predicted molar refractivity (Wildman–Crippen MR) is 144 cm³/mol. The molecule has 5 rings (SSSR count). The Labute approximate surface area is 223 Å². The highest BCUT2D eigenvalue weighted by molar-refractivity contribution is 7.19. The number of benzene rings is 1. The molecule has 0 aliphatic carbocycles. The largest absolute Gasteiger partial charge is 0.462 e. The van der Waals surface area contributed by atoms with Crippen LogP contribution in [0.2, 0.25) is 5.02 Å². The van der Waals surface area contributed by atoms with Gasteiger partial charge in [0.1, 0.15) is 6.10 Å². The summed E-state index contributed by atoms with van der Waals surface area (Å²) in [5, 5.41) is 0.592. The summed E-state index contributed by atoms with van der Waals surface area (Å²) in [7, 11) is 1.90. The highest BCUT2D eigenvalue weighted by Crippen LogP contribution is 2.32. The van der Waals surface area contributed by atoms with Crippen LogP contribution in [0.15, 0.2) is 42.9 Å². The van der Waals surface area contributed by atoms with Crippen molar-refractivity contribution in [2.24, 2.45) is 0 Å². The van der Waals surface area contributed by atoms with Crippen molar-refractivity contribution in [1.82, 2.24) is 19.9 Å². The molecule has 1 saturated heterocycles. The van der Waals surface area contributed by atoms with Gasteiger partial charge < -0.3 is 25.0 Å². The van der Waals surface area contributed by atoms with Crippen LogP contribution < -0.4 is 15.5 Å². The number of rotatable bonds is 7. The first-order valence-corrected chi connectivity index (χ1v) is 13.0. The summed E-state index contributed by atoms with van der Waals surface area (Å²) in [4.78, 5) is 35.0. The fraction of sp³-hybridized carbons (Fsp3) is 0.320. The number of carbonyl (C=O) groups is 1. The summed E-state index contributed by atoms with van der Waals surface area (Å²) in [6.45, 7) is 4.47. The number of anilines is 3. The smallest absolute Gasteiger partial charge is 0.341 e. The molecular weight excluding hydrogens is 514 g/mol. The molecule has 0 saturated carbocycles. The summed E-state index contributed by atoms with van der Waals surface area (Å²) < 4.78 is 12.0. The van der Waals surface area contributed by atoms with E-state index in [9.17, 15) is 4.79 Å². The molecule has 2 N–H and O–H groups in total. The number of aromatic nitrogens is 4. The molecule has 0 bridgehead atoms. The van der Waals surface area contributed by atoms with E-state index in [1.807, 2.05) is 30.3 Å². The number of nitrogens with two attached hydrogens (primary N) is 1. The summed E-state index contributed by atoms with van der Waals surface area (Å²) in [5.74, 6) is 0.736. The van der Waals surface area contributed by atoms with Gasteiger partial charge in [0.05, 0.1) is 48.3 Å². The molecule has 4 aromatic rings. The minimum atomic E-state index is -0.432. The average molecular weight is 540 g/mol. The second-order valence-electron chi connectivity index (χ2n) is 8.57. The molecule has 10 nitrogen and oxygen atoms in total. The maximum Gasteiger partial charge on any atom is 0.341 e. The van der Waals surface area contributed by atoms with Crippen LogP contribution in [0, 0.1) is 0 Å². The Kier molecular flexibility index (Phi) is 7.36. The van der Waals surface area contributed by atoms with Crippen molar-refractivity contribution in [3.8, 4) is 0 Å². The lowest BCUT2D eigenvalue weighted by atomic mass is 10.1. The van der Waals surface area contributed by atoms with Crippen molar-refractivity contribution >= 4 is 56.7 Å². The van der Waals surface area contributed by atoms with Gasteiger partial charge in [-0.2, -0.15) is 0 Å². The van der Waals surface area contributed by atoms with Crippen molar-refractivity contribution in [1.29, 1.82) is 0 Å². The lowest BCUT2D eigenvalue weighted by Crippen LogP contribution is -2.39. The maximum atomic E-state index is 11.8. The van der Waals surface area contributed by atoms with Crippen molar-refractivity contribution in [2.45, 2.75) is 19.6 Å². The van der Waals surface area contributed by atoms with Crippen molar-refractivity contribution in [3.05, 3.63) is 63.9 Å². The van der Waals surface area contributed by atoms with Gasteiger partial charge in [-0.05, 0) is 25.1 Å². The molecule has 1 aromatic carbocycles. The lowest BCUT2D eigenvalue weighted by molar-refractivity contribution is 0.0393. The first-order valence-electron chi connectivity index (χ1n) is 11.8. The quantitative estimate of drug-likeness (QED) is 0.271. The van der Waals surface area contributed by atoms with Crippen molar-refractivity contribution < 1.29 is 14.3 Å². The van der Waals surface area contributed by atoms with E-state index in [4.69, 9.17) is 31.8 Å². The van der Waals surface area contributed by atoms with E-state index in [0.29, 0.717) is 61.0 Å². The van der Waals surface area contributed by atoms with Crippen LogP contribution >= 0.6 is 22.9 Å². The lowest BCUT2D eigenvalue weighted by Gasteiger charge is -2.33. The van der Waals surface area contributed by atoms with Crippen LogP contribution in [0.1, 0.15) is 33.8 Å². The first kappa shape index (κ1) is 25.1. The normalized spacial score (nSPS) is 15.6. The summed E-state index contributed by atoms with van der Waals surface area (Å²) in [6.07, 6.45) is 4.62. The number of hydrogen-bond donors (Lipinski definition) is 1. The second-order valence-corrected chi connectivity index (χ2v) is 10.1. The van der Waals surface area contributed by atoms with Crippen LogP contribution in [0.5, 0.6) is 0 Å². The Hall–Kier alpha value is -3.54. The molecule has 0 radical (unpaired) electrons. The third-order valence-electron chi connectivity index (χ3n) is 5.91. The van der Waals surface area contributed by atoms with Gasteiger partial charge in [-0.15, -0.1) is 11.3 Å². The van der Waals surface area contributed by atoms with Gasteiger partial charge in [-0.25, -0.2) is 24.7 Å². The van der Waals surface area contributed by atoms with E-state index in [-0.39, 0.29) is 6.10 Å². The third kappa shape index (κ3) is 5.58. The molecule has 0 spiro atoms. The second kappa shape index (κ2) is 10.8. The van der Waals surface area contributed by atoms with Crippen molar-refractivity contribution in [3.63, 3.8) is 0 Å². The summed E-state index contributed by atoms with van der Waals surface area (Å²) in [5.41, 5.74) is 8.57. The third-order valence-corrected chi connectivity index (χ3v) is 7.28. The van der Waals surface area contributed by atoms with Crippen molar-refractivity contribution in [2.75, 3.05) is 48.9 Å². The van der Waals surface area contributed by atoms with Gasteiger partial charge in [0.25, 0.3) is 0 Å². The zero-order chi connectivity index (χ0) is 25.9. The van der Waals surface area contributed by atoms with Gasteiger partial charge in [-0.1, -0.05) is 17.7 Å². The van der Waals surface area contributed by atoms with E-state index in [1.165, 1.54) is 12.4 Å². The molecular formula is C25H26ClN7O3S. The van der Waals surface area contributed by atoms with E-state index >= 15 is 0 Å². The number of nitrogens with zero attached hydrogens (tertiary/aromatic N) is 6. The van der Waals surface area contributed by atoms with E-state index < -0.39 is 5.97 Å². The van der Waals surface area contributed by atoms with Crippen LogP contribution in [-0.2, 0) is 16.0 Å². The molecule has 1 atom stereocenters. The molecule has 1 aliphatic heterocycles. The minimum Gasteiger partial charge on any atom is -0.462 e.